The Morgan fingerprint density at radius 1 is 0.941 bits per heavy atom. The topological polar surface area (TPSA) is 57.3 Å². The quantitative estimate of drug-likeness (QED) is 0.661. The Bertz CT molecular complexity index is 810. The molecule has 7 nitrogen and oxygen atoms in total. The number of nitrogens with one attached hydrogen (secondary N) is 1. The first-order valence-electron chi connectivity index (χ1n) is 13.4. The molecular weight excluding hydrogens is 428 g/mol. The van der Waals surface area contributed by atoms with Gasteiger partial charge in [-0.1, -0.05) is 12.1 Å². The van der Waals surface area contributed by atoms with E-state index in [2.05, 4.69) is 39.2 Å². The largest absolute Gasteiger partial charge is 0.454 e. The van der Waals surface area contributed by atoms with Gasteiger partial charge < -0.3 is 24.6 Å². The zero-order valence-electron chi connectivity index (χ0n) is 20.8. The van der Waals surface area contributed by atoms with Crippen molar-refractivity contribution >= 4 is 5.91 Å². The maximum atomic E-state index is 12.5. The van der Waals surface area contributed by atoms with Gasteiger partial charge >= 0.3 is 0 Å². The molecule has 0 unspecified atom stereocenters. The Balaban J connectivity index is 0.972. The fourth-order valence-corrected chi connectivity index (χ4v) is 6.18. The molecule has 188 valence electrons. The lowest BCUT2D eigenvalue weighted by atomic mass is 9.83. The highest BCUT2D eigenvalue weighted by Crippen LogP contribution is 2.42. The monoisotopic (exact) mass is 470 g/mol. The van der Waals surface area contributed by atoms with Crippen LogP contribution in [0.2, 0.25) is 0 Å². The molecule has 0 spiro atoms. The molecule has 1 aromatic rings. The number of piperidine rings is 1. The molecule has 0 bridgehead atoms. The number of para-hydroxylation sites is 1. The lowest BCUT2D eigenvalue weighted by molar-refractivity contribution is -0.123. The number of fused-ring (bicyclic) bond motifs is 1. The number of nitrogens with zero attached hydrogens (tertiary/aromatic N) is 3. The van der Waals surface area contributed by atoms with Crippen molar-refractivity contribution < 1.29 is 14.3 Å². The van der Waals surface area contributed by atoms with Crippen molar-refractivity contribution in [1.82, 2.24) is 20.0 Å². The van der Waals surface area contributed by atoms with Crippen LogP contribution >= 0.6 is 0 Å². The van der Waals surface area contributed by atoms with Crippen LogP contribution in [0.4, 0.5) is 0 Å². The molecule has 0 aromatic heterocycles. The number of carbonyl (C=O) groups excluding carboxylic acids is 1. The highest BCUT2D eigenvalue weighted by Gasteiger charge is 2.28. The van der Waals surface area contributed by atoms with Crippen LogP contribution in [0.3, 0.4) is 0 Å². The molecule has 1 saturated carbocycles. The molecule has 3 fully saturated rings. The number of amides is 1. The first-order chi connectivity index (χ1) is 16.6. The second-order valence-electron chi connectivity index (χ2n) is 10.9. The zero-order valence-corrected chi connectivity index (χ0v) is 20.8. The van der Waals surface area contributed by atoms with Crippen LogP contribution in [-0.4, -0.2) is 92.8 Å². The Labute approximate surface area is 204 Å². The van der Waals surface area contributed by atoms with E-state index in [0.29, 0.717) is 25.3 Å². The molecule has 2 saturated heterocycles. The van der Waals surface area contributed by atoms with Crippen molar-refractivity contribution in [2.45, 2.75) is 56.9 Å². The summed E-state index contributed by atoms with van der Waals surface area (Å²) in [5.41, 5.74) is 1.34. The van der Waals surface area contributed by atoms with Crippen molar-refractivity contribution in [3.05, 3.63) is 23.8 Å². The van der Waals surface area contributed by atoms with Crippen molar-refractivity contribution in [3.8, 4) is 11.5 Å². The molecule has 1 amide bonds. The summed E-state index contributed by atoms with van der Waals surface area (Å²) < 4.78 is 11.3. The normalized spacial score (nSPS) is 27.1. The fraction of sp³-hybridized carbons (Fsp3) is 0.741. The Morgan fingerprint density at radius 2 is 1.71 bits per heavy atom. The number of rotatable bonds is 7. The maximum Gasteiger partial charge on any atom is 0.234 e. The molecular formula is C27H42N4O3. The maximum absolute atomic E-state index is 12.5. The molecule has 1 aromatic carbocycles. The zero-order chi connectivity index (χ0) is 23.3. The van der Waals surface area contributed by atoms with Crippen LogP contribution in [0.15, 0.2) is 18.2 Å². The molecule has 0 atom stereocenters. The van der Waals surface area contributed by atoms with Gasteiger partial charge in [-0.3, -0.25) is 9.69 Å². The van der Waals surface area contributed by atoms with Crippen LogP contribution in [-0.2, 0) is 4.79 Å². The van der Waals surface area contributed by atoms with Crippen LogP contribution in [0, 0.1) is 5.92 Å². The summed E-state index contributed by atoms with van der Waals surface area (Å²) in [7, 11) is 2.15. The smallest absolute Gasteiger partial charge is 0.234 e. The number of hydrogen-bond donors (Lipinski definition) is 1. The third kappa shape index (κ3) is 6.04. The van der Waals surface area contributed by atoms with E-state index in [-0.39, 0.29) is 5.91 Å². The van der Waals surface area contributed by atoms with Crippen molar-refractivity contribution in [1.29, 1.82) is 0 Å². The lowest BCUT2D eigenvalue weighted by Gasteiger charge is -2.35. The minimum absolute atomic E-state index is 0.219. The van der Waals surface area contributed by atoms with Gasteiger partial charge in [-0.15, -0.1) is 0 Å². The number of benzene rings is 1. The van der Waals surface area contributed by atoms with Crippen LogP contribution < -0.4 is 14.8 Å². The Kier molecular flexibility index (Phi) is 7.92. The molecule has 5 rings (SSSR count). The lowest BCUT2D eigenvalue weighted by Crippen LogP contribution is -2.49. The first kappa shape index (κ1) is 23.9. The van der Waals surface area contributed by atoms with Crippen LogP contribution in [0.25, 0.3) is 0 Å². The number of ether oxygens (including phenoxy) is 2. The third-order valence-electron chi connectivity index (χ3n) is 8.48. The van der Waals surface area contributed by atoms with Crippen LogP contribution in [0.5, 0.6) is 11.5 Å². The van der Waals surface area contributed by atoms with Gasteiger partial charge in [0.1, 0.15) is 0 Å². The first-order valence-corrected chi connectivity index (χ1v) is 13.4. The Morgan fingerprint density at radius 3 is 2.47 bits per heavy atom. The third-order valence-corrected chi connectivity index (χ3v) is 8.48. The molecule has 1 N–H and O–H groups in total. The summed E-state index contributed by atoms with van der Waals surface area (Å²) in [6, 6.07) is 6.71. The van der Waals surface area contributed by atoms with Gasteiger partial charge in [-0.25, -0.2) is 0 Å². The van der Waals surface area contributed by atoms with Crippen molar-refractivity contribution in [2.24, 2.45) is 5.92 Å². The van der Waals surface area contributed by atoms with Crippen molar-refractivity contribution in [3.63, 3.8) is 0 Å². The SMILES string of the molecule is CN1CCN(CC(=O)N[C@H]2CC[C@H](CCN3CCC(c4cccc5c4OCO5)CC3)CC2)CC1. The predicted octanol–water partition coefficient (Wildman–Crippen LogP) is 2.91. The highest BCUT2D eigenvalue weighted by atomic mass is 16.7. The van der Waals surface area contributed by atoms with E-state index in [0.717, 1.165) is 56.4 Å². The number of carbonyl (C=O) groups is 1. The second kappa shape index (κ2) is 11.3. The van der Waals surface area contributed by atoms with E-state index in [1.807, 2.05) is 6.07 Å². The minimum atomic E-state index is 0.219. The van der Waals surface area contributed by atoms with E-state index in [1.54, 1.807) is 0 Å². The molecule has 0 radical (unpaired) electrons. The second-order valence-corrected chi connectivity index (χ2v) is 10.9. The van der Waals surface area contributed by atoms with Crippen LogP contribution in [0.1, 0.15) is 56.4 Å². The van der Waals surface area contributed by atoms with Gasteiger partial charge in [-0.05, 0) is 89.5 Å². The van der Waals surface area contributed by atoms with Gasteiger partial charge in [0.25, 0.3) is 0 Å². The summed E-state index contributed by atoms with van der Waals surface area (Å²) in [5, 5.41) is 3.32. The van der Waals surface area contributed by atoms with E-state index in [1.165, 1.54) is 57.3 Å². The molecule has 1 aliphatic carbocycles. The summed E-state index contributed by atoms with van der Waals surface area (Å²) in [6.07, 6.45) is 8.49. The average Bonchev–Trinajstić information content (AvgIpc) is 3.35. The molecule has 7 heteroatoms. The van der Waals surface area contributed by atoms with E-state index >= 15 is 0 Å². The van der Waals surface area contributed by atoms with Gasteiger partial charge in [0.15, 0.2) is 11.5 Å². The number of likely N-dealkylation sites (N-methyl/N-ethyl adjacent to an activating group) is 1. The van der Waals surface area contributed by atoms with E-state index < -0.39 is 0 Å². The number of piperazine rings is 1. The Hall–Kier alpha value is -1.83. The minimum Gasteiger partial charge on any atom is -0.454 e. The number of likely N-dealkylation sites (tertiary alicyclic amines) is 1. The standard InChI is InChI=1S/C27H42N4O3/c1-29-15-17-31(18-16-29)19-26(32)28-23-7-5-21(6-8-23)9-12-30-13-10-22(11-14-30)24-3-2-4-25-27(24)34-20-33-25/h2-4,21-23H,5-20H2,1H3,(H,28,32)/t21-,23-. The molecule has 4 aliphatic rings. The highest BCUT2D eigenvalue weighted by molar-refractivity contribution is 5.78. The van der Waals surface area contributed by atoms with Gasteiger partial charge in [0.05, 0.1) is 6.54 Å². The molecule has 3 heterocycles. The fourth-order valence-electron chi connectivity index (χ4n) is 6.18. The van der Waals surface area contributed by atoms with Gasteiger partial charge in [0, 0.05) is 37.8 Å². The summed E-state index contributed by atoms with van der Waals surface area (Å²) in [4.78, 5) is 19.8. The molecule has 34 heavy (non-hydrogen) atoms. The molecule has 3 aliphatic heterocycles. The summed E-state index contributed by atoms with van der Waals surface area (Å²) >= 11 is 0. The van der Waals surface area contributed by atoms with E-state index in [9.17, 15) is 4.79 Å². The average molecular weight is 471 g/mol. The van der Waals surface area contributed by atoms with Gasteiger partial charge in [-0.2, -0.15) is 0 Å². The summed E-state index contributed by atoms with van der Waals surface area (Å²) in [5.74, 6) is 3.50. The van der Waals surface area contributed by atoms with E-state index in [4.69, 9.17) is 9.47 Å². The summed E-state index contributed by atoms with van der Waals surface area (Å²) in [6.45, 7) is 8.61. The number of hydrogen-bond acceptors (Lipinski definition) is 6. The van der Waals surface area contributed by atoms with Gasteiger partial charge in [0.2, 0.25) is 12.7 Å². The predicted molar refractivity (Wildman–Crippen MR) is 133 cm³/mol. The van der Waals surface area contributed by atoms with Crippen molar-refractivity contribution in [2.75, 3.05) is 66.2 Å².